The molecule has 120 valence electrons. The van der Waals surface area contributed by atoms with E-state index in [9.17, 15) is 8.42 Å². The van der Waals surface area contributed by atoms with Crippen molar-refractivity contribution >= 4 is 10.0 Å². The summed E-state index contributed by atoms with van der Waals surface area (Å²) in [6.07, 6.45) is 4.89. The number of hydrogen-bond donors (Lipinski definition) is 1. The van der Waals surface area contributed by atoms with Crippen LogP contribution in [0.1, 0.15) is 52.9 Å². The second kappa shape index (κ2) is 9.00. The third-order valence-electron chi connectivity index (χ3n) is 4.27. The van der Waals surface area contributed by atoms with Crippen LogP contribution < -0.4 is 5.32 Å². The minimum Gasteiger partial charge on any atom is -0.317 e. The number of nitrogens with one attached hydrogen (secondary N) is 1. The second-order valence-corrected chi connectivity index (χ2v) is 8.34. The van der Waals surface area contributed by atoms with Gasteiger partial charge in [-0.3, -0.25) is 0 Å². The molecule has 1 heterocycles. The zero-order valence-electron chi connectivity index (χ0n) is 13.4. The molecule has 5 heteroatoms. The molecule has 0 aromatic carbocycles. The molecule has 1 saturated heterocycles. The van der Waals surface area contributed by atoms with E-state index < -0.39 is 10.0 Å². The fraction of sp³-hybridized carbons (Fsp3) is 1.00. The molecule has 1 rings (SSSR count). The predicted octanol–water partition coefficient (Wildman–Crippen LogP) is 2.46. The van der Waals surface area contributed by atoms with E-state index in [0.29, 0.717) is 17.6 Å². The zero-order chi connectivity index (χ0) is 15.0. The Morgan fingerprint density at radius 3 is 2.35 bits per heavy atom. The average Bonchev–Trinajstić information content (AvgIpc) is 2.43. The molecular weight excluding hydrogens is 272 g/mol. The van der Waals surface area contributed by atoms with E-state index in [-0.39, 0.29) is 0 Å². The molecule has 1 N–H and O–H groups in total. The molecule has 0 spiro atoms. The van der Waals surface area contributed by atoms with Gasteiger partial charge in [-0.15, -0.1) is 0 Å². The second-order valence-electron chi connectivity index (χ2n) is 6.25. The normalized spacial score (nSPS) is 18.8. The van der Waals surface area contributed by atoms with Crippen LogP contribution in [0.3, 0.4) is 0 Å². The van der Waals surface area contributed by atoms with Crippen LogP contribution in [0.2, 0.25) is 0 Å². The topological polar surface area (TPSA) is 49.4 Å². The Bertz CT molecular complexity index is 347. The van der Waals surface area contributed by atoms with Crippen molar-refractivity contribution in [2.45, 2.75) is 52.9 Å². The molecule has 0 unspecified atom stereocenters. The number of unbranched alkanes of at least 4 members (excludes halogenated alkanes) is 1. The molecule has 1 fully saturated rings. The average molecular weight is 305 g/mol. The summed E-state index contributed by atoms with van der Waals surface area (Å²) in [5.41, 5.74) is 0. The highest BCUT2D eigenvalue weighted by Gasteiger charge is 2.28. The lowest BCUT2D eigenvalue weighted by atomic mass is 9.87. The number of rotatable bonds is 9. The van der Waals surface area contributed by atoms with E-state index in [0.717, 1.165) is 58.3 Å². The van der Waals surface area contributed by atoms with Gasteiger partial charge in [0.2, 0.25) is 10.0 Å². The number of nitrogens with zero attached hydrogens (tertiary/aromatic N) is 1. The van der Waals surface area contributed by atoms with Gasteiger partial charge in [0.05, 0.1) is 5.75 Å². The smallest absolute Gasteiger partial charge is 0.214 e. The van der Waals surface area contributed by atoms with Gasteiger partial charge in [0.25, 0.3) is 0 Å². The number of piperidine rings is 1. The maximum Gasteiger partial charge on any atom is 0.214 e. The summed E-state index contributed by atoms with van der Waals surface area (Å²) in [6, 6.07) is 0. The first-order chi connectivity index (χ1) is 9.47. The van der Waals surface area contributed by atoms with Gasteiger partial charge in [0, 0.05) is 13.1 Å². The van der Waals surface area contributed by atoms with E-state index in [2.05, 4.69) is 26.1 Å². The highest BCUT2D eigenvalue weighted by atomic mass is 32.2. The molecule has 0 radical (unpaired) electrons. The molecule has 0 bridgehead atoms. The fourth-order valence-electron chi connectivity index (χ4n) is 2.79. The summed E-state index contributed by atoms with van der Waals surface area (Å²) >= 11 is 0. The van der Waals surface area contributed by atoms with Crippen molar-refractivity contribution < 1.29 is 8.42 Å². The SMILES string of the molecule is CCCNCCCCS(=O)(=O)N1CCC(C(C)C)CC1. The first-order valence-corrected chi connectivity index (χ1v) is 9.76. The van der Waals surface area contributed by atoms with Crippen LogP contribution in [0.25, 0.3) is 0 Å². The third kappa shape index (κ3) is 6.10. The van der Waals surface area contributed by atoms with Gasteiger partial charge in [-0.1, -0.05) is 20.8 Å². The van der Waals surface area contributed by atoms with E-state index in [1.807, 2.05) is 0 Å². The number of hydrogen-bond acceptors (Lipinski definition) is 3. The molecule has 1 aliphatic rings. The van der Waals surface area contributed by atoms with Gasteiger partial charge >= 0.3 is 0 Å². The lowest BCUT2D eigenvalue weighted by Gasteiger charge is -2.33. The minimum atomic E-state index is -3.02. The standard InChI is InChI=1S/C15H32N2O2S/c1-4-9-16-10-5-6-13-20(18,19)17-11-7-15(8-12-17)14(2)3/h14-16H,4-13H2,1-3H3. The summed E-state index contributed by atoms with van der Waals surface area (Å²) in [5, 5.41) is 3.31. The highest BCUT2D eigenvalue weighted by Crippen LogP contribution is 2.26. The van der Waals surface area contributed by atoms with Crippen molar-refractivity contribution in [3.8, 4) is 0 Å². The molecular formula is C15H32N2O2S. The maximum atomic E-state index is 12.3. The Morgan fingerprint density at radius 1 is 1.15 bits per heavy atom. The lowest BCUT2D eigenvalue weighted by Crippen LogP contribution is -2.40. The molecule has 0 aromatic rings. The van der Waals surface area contributed by atoms with Gasteiger partial charge in [-0.25, -0.2) is 12.7 Å². The Kier molecular flexibility index (Phi) is 8.07. The molecule has 0 amide bonds. The Hall–Kier alpha value is -0.130. The lowest BCUT2D eigenvalue weighted by molar-refractivity contribution is 0.226. The van der Waals surface area contributed by atoms with Gasteiger partial charge in [0.1, 0.15) is 0 Å². The molecule has 0 saturated carbocycles. The van der Waals surface area contributed by atoms with Crippen LogP contribution in [0.4, 0.5) is 0 Å². The quantitative estimate of drug-likeness (QED) is 0.666. The van der Waals surface area contributed by atoms with Gasteiger partial charge < -0.3 is 5.32 Å². The fourth-order valence-corrected chi connectivity index (χ4v) is 4.38. The van der Waals surface area contributed by atoms with Gasteiger partial charge in [-0.2, -0.15) is 0 Å². The van der Waals surface area contributed by atoms with Crippen LogP contribution in [-0.2, 0) is 10.0 Å². The third-order valence-corrected chi connectivity index (χ3v) is 6.22. The summed E-state index contributed by atoms with van der Waals surface area (Å²) in [4.78, 5) is 0. The highest BCUT2D eigenvalue weighted by molar-refractivity contribution is 7.89. The summed E-state index contributed by atoms with van der Waals surface area (Å²) in [5.74, 6) is 1.68. The number of sulfonamides is 1. The van der Waals surface area contributed by atoms with Crippen LogP contribution in [-0.4, -0.2) is 44.7 Å². The van der Waals surface area contributed by atoms with Crippen molar-refractivity contribution in [3.05, 3.63) is 0 Å². The van der Waals surface area contributed by atoms with Crippen LogP contribution >= 0.6 is 0 Å². The van der Waals surface area contributed by atoms with E-state index in [1.54, 1.807) is 4.31 Å². The Morgan fingerprint density at radius 2 is 1.80 bits per heavy atom. The summed E-state index contributed by atoms with van der Waals surface area (Å²) in [6.45, 7) is 10.0. The van der Waals surface area contributed by atoms with Crippen LogP contribution in [0.5, 0.6) is 0 Å². The monoisotopic (exact) mass is 304 g/mol. The van der Waals surface area contributed by atoms with Crippen molar-refractivity contribution in [1.29, 1.82) is 0 Å². The van der Waals surface area contributed by atoms with Crippen LogP contribution in [0, 0.1) is 11.8 Å². The minimum absolute atomic E-state index is 0.313. The predicted molar refractivity (Wildman–Crippen MR) is 85.3 cm³/mol. The van der Waals surface area contributed by atoms with Crippen molar-refractivity contribution in [2.24, 2.45) is 11.8 Å². The molecule has 0 atom stereocenters. The molecule has 1 aliphatic heterocycles. The van der Waals surface area contributed by atoms with E-state index in [4.69, 9.17) is 0 Å². The van der Waals surface area contributed by atoms with Gasteiger partial charge in [0.15, 0.2) is 0 Å². The molecule has 0 aromatic heterocycles. The Balaban J connectivity index is 2.24. The molecule has 4 nitrogen and oxygen atoms in total. The molecule has 0 aliphatic carbocycles. The van der Waals surface area contributed by atoms with E-state index >= 15 is 0 Å². The Labute approximate surface area is 125 Å². The molecule has 20 heavy (non-hydrogen) atoms. The first kappa shape index (κ1) is 17.9. The summed E-state index contributed by atoms with van der Waals surface area (Å²) < 4.78 is 26.2. The maximum absolute atomic E-state index is 12.3. The van der Waals surface area contributed by atoms with Crippen molar-refractivity contribution in [1.82, 2.24) is 9.62 Å². The largest absolute Gasteiger partial charge is 0.317 e. The zero-order valence-corrected chi connectivity index (χ0v) is 14.2. The van der Waals surface area contributed by atoms with Crippen molar-refractivity contribution in [3.63, 3.8) is 0 Å². The first-order valence-electron chi connectivity index (χ1n) is 8.16. The van der Waals surface area contributed by atoms with Gasteiger partial charge in [-0.05, 0) is 57.0 Å². The summed E-state index contributed by atoms with van der Waals surface area (Å²) in [7, 11) is -3.02. The van der Waals surface area contributed by atoms with Crippen molar-refractivity contribution in [2.75, 3.05) is 31.9 Å². The van der Waals surface area contributed by atoms with E-state index in [1.165, 1.54) is 0 Å². The van der Waals surface area contributed by atoms with Crippen LogP contribution in [0.15, 0.2) is 0 Å².